The largest absolute Gasteiger partial charge is 0.494 e. The lowest BCUT2D eigenvalue weighted by molar-refractivity contribution is 0.0970. The van der Waals surface area contributed by atoms with Gasteiger partial charge in [0, 0.05) is 5.92 Å². The van der Waals surface area contributed by atoms with Gasteiger partial charge >= 0.3 is 0 Å². The SMILES string of the molecule is CC(C)CCOc1cccc([C@H]2c3c(oc4ccccc4c3=O)C(=O)N2c2nnc(C(C)C)s2)c1. The molecule has 35 heavy (non-hydrogen) atoms. The molecular weight excluding hydrogens is 462 g/mol. The standard InChI is InChI=1S/C27H27N3O4S/c1-15(2)12-13-33-18-9-7-8-17(14-18)22-21-23(31)19-10-5-6-11-20(19)34-24(21)26(32)30(22)27-29-28-25(35-27)16(3)4/h5-11,14-16,22H,12-13H2,1-4H3/t22-/m0/s1. The Morgan fingerprint density at radius 2 is 1.86 bits per heavy atom. The third-order valence-electron chi connectivity index (χ3n) is 6.05. The number of rotatable bonds is 7. The molecule has 0 saturated heterocycles. The van der Waals surface area contributed by atoms with Gasteiger partial charge in [0.05, 0.1) is 23.6 Å². The van der Waals surface area contributed by atoms with Gasteiger partial charge in [0.1, 0.15) is 16.3 Å². The number of carbonyl (C=O) groups excluding carboxylic acids is 1. The van der Waals surface area contributed by atoms with Crippen molar-refractivity contribution in [3.8, 4) is 5.75 Å². The van der Waals surface area contributed by atoms with Gasteiger partial charge in [-0.05, 0) is 42.2 Å². The second kappa shape index (κ2) is 9.26. The van der Waals surface area contributed by atoms with E-state index in [9.17, 15) is 9.59 Å². The molecular formula is C27H27N3O4S. The Kier molecular flexibility index (Phi) is 6.15. The fraction of sp³-hybridized carbons (Fsp3) is 0.333. The zero-order valence-electron chi connectivity index (χ0n) is 20.1. The third-order valence-corrected chi connectivity index (χ3v) is 7.27. The third kappa shape index (κ3) is 4.23. The first-order valence-electron chi connectivity index (χ1n) is 11.8. The molecule has 0 spiro atoms. The summed E-state index contributed by atoms with van der Waals surface area (Å²) in [4.78, 5) is 28.9. The maximum absolute atomic E-state index is 13.7. The first-order chi connectivity index (χ1) is 16.8. The van der Waals surface area contributed by atoms with E-state index in [4.69, 9.17) is 9.15 Å². The van der Waals surface area contributed by atoms with Gasteiger partial charge < -0.3 is 9.15 Å². The highest BCUT2D eigenvalue weighted by Gasteiger charge is 2.45. The highest BCUT2D eigenvalue weighted by Crippen LogP contribution is 2.43. The summed E-state index contributed by atoms with van der Waals surface area (Å²) in [5.74, 6) is 1.03. The monoisotopic (exact) mass is 489 g/mol. The molecule has 1 atom stereocenters. The molecule has 4 aromatic rings. The lowest BCUT2D eigenvalue weighted by Gasteiger charge is -2.22. The molecule has 7 nitrogen and oxygen atoms in total. The summed E-state index contributed by atoms with van der Waals surface area (Å²) in [6, 6.07) is 13.8. The van der Waals surface area contributed by atoms with Crippen molar-refractivity contribution in [3.63, 3.8) is 0 Å². The molecule has 0 aliphatic carbocycles. The van der Waals surface area contributed by atoms with E-state index in [-0.39, 0.29) is 17.1 Å². The first-order valence-corrected chi connectivity index (χ1v) is 12.6. The number of anilines is 1. The summed E-state index contributed by atoms with van der Waals surface area (Å²) in [5, 5.41) is 10.3. The average Bonchev–Trinajstić information content (AvgIpc) is 3.43. The first kappa shape index (κ1) is 23.2. The summed E-state index contributed by atoms with van der Waals surface area (Å²) in [6.07, 6.45) is 0.930. The van der Waals surface area contributed by atoms with Crippen molar-refractivity contribution in [1.29, 1.82) is 0 Å². The fourth-order valence-electron chi connectivity index (χ4n) is 4.18. The van der Waals surface area contributed by atoms with Crippen LogP contribution in [0.3, 0.4) is 0 Å². The van der Waals surface area contributed by atoms with Crippen molar-refractivity contribution >= 4 is 33.3 Å². The number of carbonyl (C=O) groups is 1. The number of aromatic nitrogens is 2. The summed E-state index contributed by atoms with van der Waals surface area (Å²) in [6.45, 7) is 8.94. The van der Waals surface area contributed by atoms with Crippen LogP contribution in [0.5, 0.6) is 5.75 Å². The average molecular weight is 490 g/mol. The van der Waals surface area contributed by atoms with Crippen molar-refractivity contribution in [3.05, 3.63) is 80.6 Å². The van der Waals surface area contributed by atoms with E-state index < -0.39 is 11.9 Å². The van der Waals surface area contributed by atoms with E-state index >= 15 is 0 Å². The minimum absolute atomic E-state index is 0.0473. The molecule has 1 aliphatic heterocycles. The van der Waals surface area contributed by atoms with Crippen LogP contribution >= 0.6 is 11.3 Å². The maximum Gasteiger partial charge on any atom is 0.297 e. The molecule has 8 heteroatoms. The Bertz CT molecular complexity index is 1460. The van der Waals surface area contributed by atoms with Crippen molar-refractivity contribution in [1.82, 2.24) is 10.2 Å². The van der Waals surface area contributed by atoms with Gasteiger partial charge in [0.15, 0.2) is 5.43 Å². The molecule has 0 saturated carbocycles. The molecule has 0 unspecified atom stereocenters. The van der Waals surface area contributed by atoms with E-state index in [0.29, 0.717) is 39.9 Å². The van der Waals surface area contributed by atoms with E-state index in [1.807, 2.05) is 38.1 Å². The molecule has 5 rings (SSSR count). The van der Waals surface area contributed by atoms with Crippen molar-refractivity contribution in [2.75, 3.05) is 11.5 Å². The Morgan fingerprint density at radius 3 is 2.60 bits per heavy atom. The zero-order chi connectivity index (χ0) is 24.7. The lowest BCUT2D eigenvalue weighted by Crippen LogP contribution is -2.29. The minimum Gasteiger partial charge on any atom is -0.494 e. The Labute approximate surface area is 207 Å². The summed E-state index contributed by atoms with van der Waals surface area (Å²) >= 11 is 1.35. The topological polar surface area (TPSA) is 85.5 Å². The van der Waals surface area contributed by atoms with Gasteiger partial charge in [-0.2, -0.15) is 0 Å². The van der Waals surface area contributed by atoms with Crippen LogP contribution in [0.2, 0.25) is 0 Å². The van der Waals surface area contributed by atoms with Gasteiger partial charge in [0.25, 0.3) is 5.91 Å². The molecule has 0 bridgehead atoms. The van der Waals surface area contributed by atoms with E-state index in [0.717, 1.165) is 17.0 Å². The van der Waals surface area contributed by atoms with Crippen LogP contribution in [-0.4, -0.2) is 22.7 Å². The van der Waals surface area contributed by atoms with Crippen LogP contribution in [0.25, 0.3) is 11.0 Å². The van der Waals surface area contributed by atoms with Crippen molar-refractivity contribution < 1.29 is 13.9 Å². The highest BCUT2D eigenvalue weighted by molar-refractivity contribution is 7.15. The summed E-state index contributed by atoms with van der Waals surface area (Å²) < 4.78 is 12.0. The minimum atomic E-state index is -0.694. The van der Waals surface area contributed by atoms with Gasteiger partial charge in [-0.15, -0.1) is 10.2 Å². The molecule has 1 amide bonds. The molecule has 0 fully saturated rings. The van der Waals surface area contributed by atoms with Crippen LogP contribution in [-0.2, 0) is 0 Å². The summed E-state index contributed by atoms with van der Waals surface area (Å²) in [7, 11) is 0. The van der Waals surface area contributed by atoms with Crippen molar-refractivity contribution in [2.24, 2.45) is 5.92 Å². The number of hydrogen-bond acceptors (Lipinski definition) is 7. The Hall–Kier alpha value is -3.52. The number of para-hydroxylation sites is 1. The molecule has 0 N–H and O–H groups in total. The molecule has 2 aromatic carbocycles. The predicted molar refractivity (Wildman–Crippen MR) is 137 cm³/mol. The van der Waals surface area contributed by atoms with Gasteiger partial charge in [-0.25, -0.2) is 0 Å². The number of nitrogens with zero attached hydrogens (tertiary/aromatic N) is 3. The van der Waals surface area contributed by atoms with E-state index in [1.165, 1.54) is 16.2 Å². The second-order valence-corrected chi connectivity index (χ2v) is 10.4. The number of benzene rings is 2. The maximum atomic E-state index is 13.7. The quantitative estimate of drug-likeness (QED) is 0.319. The molecule has 2 aromatic heterocycles. The fourth-order valence-corrected chi connectivity index (χ4v) is 5.05. The number of ether oxygens (including phenoxy) is 1. The van der Waals surface area contributed by atoms with E-state index in [1.54, 1.807) is 24.3 Å². The summed E-state index contributed by atoms with van der Waals surface area (Å²) in [5.41, 5.74) is 1.23. The normalized spacial score (nSPS) is 15.4. The number of hydrogen-bond donors (Lipinski definition) is 0. The number of fused-ring (bicyclic) bond motifs is 2. The van der Waals surface area contributed by atoms with E-state index in [2.05, 4.69) is 24.0 Å². The molecule has 180 valence electrons. The van der Waals surface area contributed by atoms with Crippen LogP contribution in [0.1, 0.15) is 72.8 Å². The van der Waals surface area contributed by atoms with Gasteiger partial charge in [-0.3, -0.25) is 14.5 Å². The highest BCUT2D eigenvalue weighted by atomic mass is 32.1. The Morgan fingerprint density at radius 1 is 1.06 bits per heavy atom. The molecule has 3 heterocycles. The van der Waals surface area contributed by atoms with Crippen molar-refractivity contribution in [2.45, 2.75) is 46.1 Å². The molecule has 0 radical (unpaired) electrons. The van der Waals surface area contributed by atoms with Crippen LogP contribution in [0, 0.1) is 5.92 Å². The Balaban J connectivity index is 1.66. The predicted octanol–water partition coefficient (Wildman–Crippen LogP) is 5.94. The smallest absolute Gasteiger partial charge is 0.297 e. The zero-order valence-corrected chi connectivity index (χ0v) is 21.0. The van der Waals surface area contributed by atoms with Crippen LogP contribution in [0.15, 0.2) is 57.7 Å². The number of amides is 1. The van der Waals surface area contributed by atoms with Gasteiger partial charge in [0.2, 0.25) is 10.9 Å². The lowest BCUT2D eigenvalue weighted by atomic mass is 9.98. The molecule has 1 aliphatic rings. The van der Waals surface area contributed by atoms with Crippen LogP contribution in [0.4, 0.5) is 5.13 Å². The van der Waals surface area contributed by atoms with Gasteiger partial charge in [-0.1, -0.05) is 63.3 Å². The second-order valence-electron chi connectivity index (χ2n) is 9.43. The van der Waals surface area contributed by atoms with Crippen LogP contribution < -0.4 is 15.1 Å².